The van der Waals surface area contributed by atoms with Gasteiger partial charge in [0.2, 0.25) is 0 Å². The second-order valence-electron chi connectivity index (χ2n) is 5.26. The first-order chi connectivity index (χ1) is 9.62. The molecule has 2 aliphatic rings. The number of carbonyl (C=O) groups is 2. The van der Waals surface area contributed by atoms with Crippen LogP contribution in [0.3, 0.4) is 0 Å². The van der Waals surface area contributed by atoms with E-state index in [9.17, 15) is 4.79 Å². The molecule has 2 atom stereocenters. The van der Waals surface area contributed by atoms with E-state index in [4.69, 9.17) is 14.3 Å². The van der Waals surface area contributed by atoms with Gasteiger partial charge in [0.25, 0.3) is 6.47 Å². The number of esters is 1. The quantitative estimate of drug-likeness (QED) is 0.611. The van der Waals surface area contributed by atoms with Gasteiger partial charge >= 0.3 is 5.97 Å². The van der Waals surface area contributed by atoms with Gasteiger partial charge in [0.15, 0.2) is 0 Å². The summed E-state index contributed by atoms with van der Waals surface area (Å²) in [5, 5.41) is 3.09. The molecule has 2 rings (SSSR count). The molecule has 0 aromatic rings. The first-order valence-corrected chi connectivity index (χ1v) is 6.98. The van der Waals surface area contributed by atoms with Gasteiger partial charge in [0, 0.05) is 6.61 Å². The fourth-order valence-corrected chi connectivity index (χ4v) is 2.72. The Kier molecular flexibility index (Phi) is 6.95. The normalized spacial score (nSPS) is 24.6. The van der Waals surface area contributed by atoms with Crippen molar-refractivity contribution in [1.82, 2.24) is 5.32 Å². The maximum absolute atomic E-state index is 11.7. The van der Waals surface area contributed by atoms with Crippen molar-refractivity contribution in [2.75, 3.05) is 27.9 Å². The van der Waals surface area contributed by atoms with Crippen molar-refractivity contribution in [1.29, 1.82) is 0 Å². The maximum Gasteiger partial charge on any atom is 0.323 e. The molecule has 20 heavy (non-hydrogen) atoms. The zero-order valence-corrected chi connectivity index (χ0v) is 12.5. The number of likely N-dealkylation sites (N-methyl/N-ethyl adjacent to an activating group) is 1. The van der Waals surface area contributed by atoms with Crippen molar-refractivity contribution in [2.45, 2.75) is 43.7 Å². The first kappa shape index (κ1) is 16.9. The maximum atomic E-state index is 11.7. The Hall–Kier alpha value is -1.14. The van der Waals surface area contributed by atoms with Crippen LogP contribution in [0.15, 0.2) is 0 Å². The number of carbonyl (C=O) groups excluding carboxylic acids is 2. The van der Waals surface area contributed by atoms with Crippen molar-refractivity contribution in [3.63, 3.8) is 0 Å². The Bertz CT molecular complexity index is 317. The molecule has 1 aliphatic heterocycles. The smallest absolute Gasteiger partial charge is 0.323 e. The standard InChI is InChI=1S/C12H21NO3.C2H4O2/c1-13-10(11(14)15-2)9-4-3-7-16-12(8-9)5-6-12;1-4-2-3/h9-10,13H,3-8H2,1-2H3;2H,1H3/t9-,10+;/m1./s1. The van der Waals surface area contributed by atoms with Gasteiger partial charge in [-0.3, -0.25) is 9.59 Å². The zero-order chi connectivity index (χ0) is 15.0. The predicted octanol–water partition coefficient (Wildman–Crippen LogP) is 0.886. The number of rotatable bonds is 4. The summed E-state index contributed by atoms with van der Waals surface area (Å²) in [6.07, 6.45) is 5.39. The van der Waals surface area contributed by atoms with Gasteiger partial charge < -0.3 is 19.5 Å². The Morgan fingerprint density at radius 1 is 1.45 bits per heavy atom. The number of ether oxygens (including phenoxy) is 3. The minimum Gasteiger partial charge on any atom is -0.471 e. The molecule has 1 spiro atoms. The first-order valence-electron chi connectivity index (χ1n) is 6.98. The van der Waals surface area contributed by atoms with Crippen molar-refractivity contribution in [3.05, 3.63) is 0 Å². The minimum atomic E-state index is -0.177. The van der Waals surface area contributed by atoms with Crippen molar-refractivity contribution in [2.24, 2.45) is 5.92 Å². The zero-order valence-electron chi connectivity index (χ0n) is 12.5. The lowest BCUT2D eigenvalue weighted by atomic mass is 9.89. The molecule has 116 valence electrons. The van der Waals surface area contributed by atoms with Crippen LogP contribution in [0.4, 0.5) is 0 Å². The number of hydrogen-bond donors (Lipinski definition) is 1. The van der Waals surface area contributed by atoms with E-state index in [1.807, 2.05) is 7.05 Å². The van der Waals surface area contributed by atoms with Crippen LogP contribution in [-0.4, -0.2) is 52.0 Å². The molecule has 0 bridgehead atoms. The van der Waals surface area contributed by atoms with E-state index in [0.717, 1.165) is 38.7 Å². The highest BCUT2D eigenvalue weighted by Crippen LogP contribution is 2.47. The van der Waals surface area contributed by atoms with E-state index in [0.29, 0.717) is 12.4 Å². The number of hydrogen-bond acceptors (Lipinski definition) is 6. The molecule has 0 amide bonds. The summed E-state index contributed by atoms with van der Waals surface area (Å²) in [6.45, 7) is 1.22. The molecule has 0 unspecified atom stereocenters. The van der Waals surface area contributed by atoms with Crippen LogP contribution in [0.1, 0.15) is 32.1 Å². The van der Waals surface area contributed by atoms with E-state index in [1.165, 1.54) is 14.2 Å². The van der Waals surface area contributed by atoms with Crippen molar-refractivity contribution in [3.8, 4) is 0 Å². The summed E-state index contributed by atoms with van der Waals surface area (Å²) in [5.41, 5.74) is 0.101. The molecule has 1 N–H and O–H groups in total. The minimum absolute atomic E-state index is 0.101. The Morgan fingerprint density at radius 3 is 2.55 bits per heavy atom. The SMILES string of the molecule is CN[C@H](C(=O)OC)[C@@H]1CCCOC2(CC2)C1.COC=O. The summed E-state index contributed by atoms with van der Waals surface area (Å²) < 4.78 is 14.6. The third kappa shape index (κ3) is 4.76. The molecule has 0 aromatic carbocycles. The molecule has 1 aliphatic carbocycles. The fourth-order valence-electron chi connectivity index (χ4n) is 2.72. The molecule has 1 saturated heterocycles. The highest BCUT2D eigenvalue weighted by Gasteiger charge is 2.48. The molecular weight excluding hydrogens is 262 g/mol. The average molecular weight is 287 g/mol. The van der Waals surface area contributed by atoms with Gasteiger partial charge in [-0.15, -0.1) is 0 Å². The van der Waals surface area contributed by atoms with Crippen molar-refractivity contribution < 1.29 is 23.8 Å². The topological polar surface area (TPSA) is 73.9 Å². The lowest BCUT2D eigenvalue weighted by molar-refractivity contribution is -0.144. The van der Waals surface area contributed by atoms with Crippen LogP contribution >= 0.6 is 0 Å². The number of nitrogens with one attached hydrogen (secondary N) is 1. The van der Waals surface area contributed by atoms with Crippen LogP contribution in [-0.2, 0) is 23.8 Å². The largest absolute Gasteiger partial charge is 0.471 e. The van der Waals surface area contributed by atoms with Crippen LogP contribution in [0, 0.1) is 5.92 Å². The molecule has 2 fully saturated rings. The van der Waals surface area contributed by atoms with E-state index in [-0.39, 0.29) is 17.6 Å². The fraction of sp³-hybridized carbons (Fsp3) is 0.857. The molecule has 1 saturated carbocycles. The van der Waals surface area contributed by atoms with Gasteiger partial charge in [-0.1, -0.05) is 0 Å². The molecule has 1 heterocycles. The molecule has 0 aromatic heterocycles. The highest BCUT2D eigenvalue weighted by atomic mass is 16.5. The second kappa shape index (κ2) is 8.21. The van der Waals surface area contributed by atoms with E-state index in [2.05, 4.69) is 10.1 Å². The summed E-state index contributed by atoms with van der Waals surface area (Å²) in [6, 6.07) is -0.177. The Balaban J connectivity index is 0.000000444. The van der Waals surface area contributed by atoms with E-state index < -0.39 is 0 Å². The lowest BCUT2D eigenvalue weighted by Gasteiger charge is -2.25. The van der Waals surface area contributed by atoms with Gasteiger partial charge in [-0.05, 0) is 45.1 Å². The molecule has 6 heteroatoms. The summed E-state index contributed by atoms with van der Waals surface area (Å²) in [5.74, 6) is 0.202. The number of methoxy groups -OCH3 is 2. The van der Waals surface area contributed by atoms with E-state index in [1.54, 1.807) is 0 Å². The summed E-state index contributed by atoms with van der Waals surface area (Å²) >= 11 is 0. The van der Waals surface area contributed by atoms with Crippen molar-refractivity contribution >= 4 is 12.4 Å². The third-order valence-electron chi connectivity index (χ3n) is 3.90. The van der Waals surface area contributed by atoms with Gasteiger partial charge in [0.05, 0.1) is 19.8 Å². The Morgan fingerprint density at radius 2 is 2.10 bits per heavy atom. The monoisotopic (exact) mass is 287 g/mol. The molecule has 6 nitrogen and oxygen atoms in total. The van der Waals surface area contributed by atoms with Crippen LogP contribution < -0.4 is 5.32 Å². The van der Waals surface area contributed by atoms with Gasteiger partial charge in [0.1, 0.15) is 6.04 Å². The van der Waals surface area contributed by atoms with Crippen LogP contribution in [0.25, 0.3) is 0 Å². The average Bonchev–Trinajstić information content (AvgIpc) is 3.27. The van der Waals surface area contributed by atoms with Gasteiger partial charge in [-0.25, -0.2) is 0 Å². The van der Waals surface area contributed by atoms with Crippen LogP contribution in [0.2, 0.25) is 0 Å². The van der Waals surface area contributed by atoms with E-state index >= 15 is 0 Å². The van der Waals surface area contributed by atoms with Crippen LogP contribution in [0.5, 0.6) is 0 Å². The Labute approximate surface area is 120 Å². The lowest BCUT2D eigenvalue weighted by Crippen LogP contribution is -2.42. The summed E-state index contributed by atoms with van der Waals surface area (Å²) in [4.78, 5) is 20.6. The van der Waals surface area contributed by atoms with Gasteiger partial charge in [-0.2, -0.15) is 0 Å². The predicted molar refractivity (Wildman–Crippen MR) is 73.2 cm³/mol. The molecule has 0 radical (unpaired) electrons. The third-order valence-corrected chi connectivity index (χ3v) is 3.90. The second-order valence-corrected chi connectivity index (χ2v) is 5.26. The summed E-state index contributed by atoms with van der Waals surface area (Å²) in [7, 11) is 4.59. The highest BCUT2D eigenvalue weighted by molar-refractivity contribution is 5.76. The molecular formula is C14H25NO5.